The Morgan fingerprint density at radius 2 is 1.94 bits per heavy atom. The first-order valence-corrected chi connectivity index (χ1v) is 5.92. The van der Waals surface area contributed by atoms with E-state index in [1.165, 1.54) is 6.07 Å². The first-order valence-electron chi connectivity index (χ1n) is 5.92. The van der Waals surface area contributed by atoms with Crippen LogP contribution >= 0.6 is 0 Å². The molecule has 0 amide bonds. The van der Waals surface area contributed by atoms with Gasteiger partial charge in [0, 0.05) is 12.5 Å². The number of aryl methyl sites for hydroxylation is 1. The first-order chi connectivity index (χ1) is 8.34. The van der Waals surface area contributed by atoms with Crippen LogP contribution in [0.2, 0.25) is 0 Å². The third kappa shape index (κ3) is 2.09. The normalized spacial score (nSPS) is 12.6. The quantitative estimate of drug-likeness (QED) is 0.787. The molecule has 0 aliphatic carbocycles. The Morgan fingerprint density at radius 1 is 1.28 bits per heavy atom. The molecule has 2 aromatic rings. The van der Waals surface area contributed by atoms with E-state index in [0.717, 1.165) is 23.5 Å². The number of aromatic nitrogens is 2. The van der Waals surface area contributed by atoms with Crippen molar-refractivity contribution in [2.45, 2.75) is 39.4 Å². The maximum atomic E-state index is 12.6. The van der Waals surface area contributed by atoms with Crippen molar-refractivity contribution in [2.24, 2.45) is 0 Å². The summed E-state index contributed by atoms with van der Waals surface area (Å²) in [5.41, 5.74) is 0.524. The molecule has 1 heterocycles. The van der Waals surface area contributed by atoms with E-state index in [2.05, 4.69) is 4.98 Å². The zero-order chi connectivity index (χ0) is 13.5. The molecule has 0 spiro atoms. The van der Waals surface area contributed by atoms with Crippen LogP contribution in [0, 0.1) is 0 Å². The number of hydrogen-bond acceptors (Lipinski definition) is 1. The fourth-order valence-corrected chi connectivity index (χ4v) is 2.15. The maximum absolute atomic E-state index is 12.6. The number of nitrogens with zero attached hydrogens (tertiary/aromatic N) is 2. The summed E-state index contributed by atoms with van der Waals surface area (Å²) in [4.78, 5) is 4.29. The molecule has 0 atom stereocenters. The highest BCUT2D eigenvalue weighted by molar-refractivity contribution is 5.77. The van der Waals surface area contributed by atoms with Crippen molar-refractivity contribution >= 4 is 11.0 Å². The minimum Gasteiger partial charge on any atom is -0.325 e. The minimum absolute atomic E-state index is 0.182. The molecule has 0 aliphatic heterocycles. The average Bonchev–Trinajstić information content (AvgIpc) is 2.64. The van der Waals surface area contributed by atoms with Gasteiger partial charge in [-0.1, -0.05) is 6.92 Å². The van der Waals surface area contributed by atoms with Gasteiger partial charge in [-0.2, -0.15) is 13.2 Å². The molecule has 0 radical (unpaired) electrons. The molecule has 1 aromatic heterocycles. The SMILES string of the molecule is CCc1nc2cc(C(F)(F)F)ccc2n1C(C)C. The Bertz CT molecular complexity index is 567. The summed E-state index contributed by atoms with van der Waals surface area (Å²) in [5.74, 6) is 0.819. The van der Waals surface area contributed by atoms with E-state index in [9.17, 15) is 13.2 Å². The number of rotatable bonds is 2. The molecule has 18 heavy (non-hydrogen) atoms. The van der Waals surface area contributed by atoms with Crippen LogP contribution in [-0.2, 0) is 12.6 Å². The molecule has 0 N–H and O–H groups in total. The first kappa shape index (κ1) is 12.9. The Balaban J connectivity index is 2.67. The van der Waals surface area contributed by atoms with Crippen molar-refractivity contribution < 1.29 is 13.2 Å². The van der Waals surface area contributed by atoms with Gasteiger partial charge in [0.1, 0.15) is 5.82 Å². The molecule has 0 saturated heterocycles. The van der Waals surface area contributed by atoms with Crippen molar-refractivity contribution in [3.05, 3.63) is 29.6 Å². The fourth-order valence-electron chi connectivity index (χ4n) is 2.15. The lowest BCUT2D eigenvalue weighted by atomic mass is 10.2. The van der Waals surface area contributed by atoms with Crippen LogP contribution < -0.4 is 0 Å². The molecule has 0 unspecified atom stereocenters. The zero-order valence-electron chi connectivity index (χ0n) is 10.5. The predicted octanol–water partition coefficient (Wildman–Crippen LogP) is 4.20. The molecule has 1 aromatic carbocycles. The summed E-state index contributed by atoms with van der Waals surface area (Å²) in [6, 6.07) is 3.92. The van der Waals surface area contributed by atoms with Crippen LogP contribution in [0.3, 0.4) is 0 Å². The van der Waals surface area contributed by atoms with Crippen LogP contribution in [0.5, 0.6) is 0 Å². The number of benzene rings is 1. The smallest absolute Gasteiger partial charge is 0.325 e. The molecule has 5 heteroatoms. The largest absolute Gasteiger partial charge is 0.416 e. The highest BCUT2D eigenvalue weighted by Gasteiger charge is 2.31. The van der Waals surface area contributed by atoms with Gasteiger partial charge in [-0.05, 0) is 32.0 Å². The topological polar surface area (TPSA) is 17.8 Å². The Morgan fingerprint density at radius 3 is 2.44 bits per heavy atom. The van der Waals surface area contributed by atoms with Crippen LogP contribution in [0.25, 0.3) is 11.0 Å². The molecule has 0 bridgehead atoms. The second-order valence-electron chi connectivity index (χ2n) is 4.55. The zero-order valence-corrected chi connectivity index (χ0v) is 10.5. The maximum Gasteiger partial charge on any atom is 0.416 e. The van der Waals surface area contributed by atoms with E-state index in [1.807, 2.05) is 25.3 Å². The highest BCUT2D eigenvalue weighted by Crippen LogP contribution is 2.32. The summed E-state index contributed by atoms with van der Waals surface area (Å²) in [6.45, 7) is 5.95. The Labute approximate surface area is 103 Å². The lowest BCUT2D eigenvalue weighted by molar-refractivity contribution is -0.137. The van der Waals surface area contributed by atoms with E-state index in [0.29, 0.717) is 11.9 Å². The Kier molecular flexibility index (Phi) is 3.09. The Hall–Kier alpha value is -1.52. The van der Waals surface area contributed by atoms with Gasteiger partial charge >= 0.3 is 6.18 Å². The van der Waals surface area contributed by atoms with Crippen molar-refractivity contribution in [3.8, 4) is 0 Å². The second-order valence-corrected chi connectivity index (χ2v) is 4.55. The molecule has 2 nitrogen and oxygen atoms in total. The average molecular weight is 256 g/mol. The molecule has 98 valence electrons. The fraction of sp³-hybridized carbons (Fsp3) is 0.462. The second kappa shape index (κ2) is 4.30. The number of imidazole rings is 1. The summed E-state index contributed by atoms with van der Waals surface area (Å²) >= 11 is 0. The van der Waals surface area contributed by atoms with Crippen LogP contribution in [0.15, 0.2) is 18.2 Å². The van der Waals surface area contributed by atoms with Gasteiger partial charge in [-0.25, -0.2) is 4.98 Å². The van der Waals surface area contributed by atoms with Crippen molar-refractivity contribution in [1.82, 2.24) is 9.55 Å². The van der Waals surface area contributed by atoms with E-state index >= 15 is 0 Å². The number of hydrogen-bond donors (Lipinski definition) is 0. The van der Waals surface area contributed by atoms with Crippen LogP contribution in [-0.4, -0.2) is 9.55 Å². The van der Waals surface area contributed by atoms with Crippen molar-refractivity contribution in [3.63, 3.8) is 0 Å². The highest BCUT2D eigenvalue weighted by atomic mass is 19.4. The van der Waals surface area contributed by atoms with Crippen molar-refractivity contribution in [1.29, 1.82) is 0 Å². The van der Waals surface area contributed by atoms with E-state index in [1.54, 1.807) is 0 Å². The lowest BCUT2D eigenvalue weighted by Gasteiger charge is -2.12. The van der Waals surface area contributed by atoms with Gasteiger partial charge in [-0.3, -0.25) is 0 Å². The predicted molar refractivity (Wildman–Crippen MR) is 64.5 cm³/mol. The minimum atomic E-state index is -4.32. The van der Waals surface area contributed by atoms with Gasteiger partial charge in [0.15, 0.2) is 0 Å². The van der Waals surface area contributed by atoms with E-state index < -0.39 is 11.7 Å². The lowest BCUT2D eigenvalue weighted by Crippen LogP contribution is -2.06. The van der Waals surface area contributed by atoms with Crippen LogP contribution in [0.1, 0.15) is 38.2 Å². The number of halogens is 3. The molecular formula is C13H15F3N2. The van der Waals surface area contributed by atoms with Crippen LogP contribution in [0.4, 0.5) is 13.2 Å². The molecule has 2 rings (SSSR count). The summed E-state index contributed by atoms with van der Waals surface area (Å²) in [5, 5.41) is 0. The third-order valence-electron chi connectivity index (χ3n) is 2.92. The summed E-state index contributed by atoms with van der Waals surface area (Å²) in [7, 11) is 0. The summed E-state index contributed by atoms with van der Waals surface area (Å²) < 4.78 is 39.9. The molecular weight excluding hydrogens is 241 g/mol. The third-order valence-corrected chi connectivity index (χ3v) is 2.92. The van der Waals surface area contributed by atoms with Gasteiger partial charge in [0.2, 0.25) is 0 Å². The van der Waals surface area contributed by atoms with Gasteiger partial charge in [0.25, 0.3) is 0 Å². The number of alkyl halides is 3. The van der Waals surface area contributed by atoms with Gasteiger partial charge in [0.05, 0.1) is 16.6 Å². The van der Waals surface area contributed by atoms with E-state index in [4.69, 9.17) is 0 Å². The van der Waals surface area contributed by atoms with Gasteiger partial charge < -0.3 is 4.57 Å². The van der Waals surface area contributed by atoms with E-state index in [-0.39, 0.29) is 6.04 Å². The monoisotopic (exact) mass is 256 g/mol. The van der Waals surface area contributed by atoms with Crippen molar-refractivity contribution in [2.75, 3.05) is 0 Å². The summed E-state index contributed by atoms with van der Waals surface area (Å²) in [6.07, 6.45) is -3.61. The number of fused-ring (bicyclic) bond motifs is 1. The molecule has 0 saturated carbocycles. The molecule has 0 aliphatic rings. The standard InChI is InChI=1S/C13H15F3N2/c1-4-12-17-10-7-9(13(14,15)16)5-6-11(10)18(12)8(2)3/h5-8H,4H2,1-3H3. The van der Waals surface area contributed by atoms with Gasteiger partial charge in [-0.15, -0.1) is 0 Å². The molecule has 0 fully saturated rings.